The zero-order valence-electron chi connectivity index (χ0n) is 20.7. The predicted octanol–water partition coefficient (Wildman–Crippen LogP) is 3.62. The van der Waals surface area contributed by atoms with Crippen molar-refractivity contribution < 1.29 is 55.7 Å². The maximum absolute atomic E-state index is 12.6. The molecule has 1 spiro atoms. The first-order chi connectivity index (χ1) is 18.1. The van der Waals surface area contributed by atoms with Gasteiger partial charge in [-0.15, -0.1) is 0 Å². The normalized spacial score (nSPS) is 21.2. The zero-order chi connectivity index (χ0) is 29.3. The summed E-state index contributed by atoms with van der Waals surface area (Å²) in [4.78, 5) is 39.1. The number of morpholine rings is 1. The van der Waals surface area contributed by atoms with Crippen LogP contribution in [0.2, 0.25) is 0 Å². The lowest BCUT2D eigenvalue weighted by Gasteiger charge is -2.44. The van der Waals surface area contributed by atoms with Gasteiger partial charge in [0, 0.05) is 38.4 Å². The van der Waals surface area contributed by atoms with Crippen LogP contribution in [-0.4, -0.2) is 101 Å². The lowest BCUT2D eigenvalue weighted by molar-refractivity contribution is -0.193. The van der Waals surface area contributed by atoms with Crippen molar-refractivity contribution in [2.45, 2.75) is 44.1 Å². The number of piperidine rings is 1. The van der Waals surface area contributed by atoms with Crippen LogP contribution in [0.15, 0.2) is 36.5 Å². The van der Waals surface area contributed by atoms with Crippen molar-refractivity contribution in [2.75, 3.05) is 39.4 Å². The molecule has 39 heavy (non-hydrogen) atoms. The summed E-state index contributed by atoms with van der Waals surface area (Å²) >= 11 is 0. The Labute approximate surface area is 220 Å². The predicted molar refractivity (Wildman–Crippen MR) is 124 cm³/mol. The summed E-state index contributed by atoms with van der Waals surface area (Å²) in [6, 6.07) is 6.10. The van der Waals surface area contributed by atoms with E-state index in [0.29, 0.717) is 17.2 Å². The van der Waals surface area contributed by atoms with Crippen molar-refractivity contribution in [3.8, 4) is 0 Å². The number of nitrogens with zero attached hydrogens (tertiary/aromatic N) is 3. The smallest absolute Gasteiger partial charge is 0.475 e. The topological polar surface area (TPSA) is 120 Å². The van der Waals surface area contributed by atoms with Crippen LogP contribution in [0.3, 0.4) is 0 Å². The Morgan fingerprint density at radius 2 is 1.44 bits per heavy atom. The van der Waals surface area contributed by atoms with Crippen molar-refractivity contribution >= 4 is 17.8 Å². The van der Waals surface area contributed by atoms with E-state index in [2.05, 4.69) is 22.0 Å². The second kappa shape index (κ2) is 13.7. The van der Waals surface area contributed by atoms with E-state index in [4.69, 9.17) is 24.5 Å². The second-order valence-corrected chi connectivity index (χ2v) is 9.09. The average molecular weight is 569 g/mol. The van der Waals surface area contributed by atoms with Gasteiger partial charge in [-0.25, -0.2) is 9.59 Å². The molecule has 1 atom stereocenters. The van der Waals surface area contributed by atoms with Gasteiger partial charge in [0.2, 0.25) is 0 Å². The van der Waals surface area contributed by atoms with Crippen LogP contribution in [0.1, 0.15) is 36.2 Å². The molecular weight excluding hydrogens is 540 g/mol. The summed E-state index contributed by atoms with van der Waals surface area (Å²) in [6.07, 6.45) is 0.996. The Balaban J connectivity index is 0.000000317. The van der Waals surface area contributed by atoms with Crippen molar-refractivity contribution in [3.63, 3.8) is 0 Å². The number of carbonyl (C=O) groups is 3. The minimum Gasteiger partial charge on any atom is -0.475 e. The maximum Gasteiger partial charge on any atom is 0.490 e. The lowest BCUT2D eigenvalue weighted by atomic mass is 9.71. The van der Waals surface area contributed by atoms with E-state index in [9.17, 15) is 31.1 Å². The summed E-state index contributed by atoms with van der Waals surface area (Å²) in [5, 5.41) is 14.2. The molecule has 3 aliphatic rings. The first-order valence-corrected chi connectivity index (χ1v) is 12.0. The van der Waals surface area contributed by atoms with Crippen molar-refractivity contribution in [2.24, 2.45) is 5.41 Å². The number of likely N-dealkylation sites (tertiary alicyclic amines) is 1. The molecule has 2 N–H and O–H groups in total. The van der Waals surface area contributed by atoms with Crippen molar-refractivity contribution in [1.82, 2.24) is 14.8 Å². The molecule has 0 saturated carbocycles. The molecule has 9 nitrogen and oxygen atoms in total. The number of alkyl halides is 6. The second-order valence-electron chi connectivity index (χ2n) is 9.09. The van der Waals surface area contributed by atoms with Crippen LogP contribution in [0.5, 0.6) is 0 Å². The van der Waals surface area contributed by atoms with E-state index in [1.165, 1.54) is 12.8 Å². The highest BCUT2D eigenvalue weighted by atomic mass is 19.4. The molecule has 15 heteroatoms. The number of carbonyl (C=O) groups excluding carboxylic acids is 1. The van der Waals surface area contributed by atoms with Gasteiger partial charge in [0.05, 0.1) is 13.2 Å². The molecule has 4 rings (SSSR count). The number of pyridine rings is 1. The highest BCUT2D eigenvalue weighted by Gasteiger charge is 2.39. The summed E-state index contributed by atoms with van der Waals surface area (Å²) in [6.45, 7) is 5.49. The van der Waals surface area contributed by atoms with Crippen molar-refractivity contribution in [3.05, 3.63) is 42.2 Å². The molecule has 2 fully saturated rings. The number of hydrogen-bond acceptors (Lipinski definition) is 6. The van der Waals surface area contributed by atoms with Crippen LogP contribution >= 0.6 is 0 Å². The molecule has 1 aliphatic carbocycles. The van der Waals surface area contributed by atoms with Gasteiger partial charge in [0.15, 0.2) is 0 Å². The lowest BCUT2D eigenvalue weighted by Crippen LogP contribution is -2.47. The summed E-state index contributed by atoms with van der Waals surface area (Å²) in [7, 11) is 0. The van der Waals surface area contributed by atoms with Crippen LogP contribution in [0, 0.1) is 5.41 Å². The van der Waals surface area contributed by atoms with Crippen LogP contribution in [0.4, 0.5) is 26.3 Å². The highest BCUT2D eigenvalue weighted by molar-refractivity contribution is 5.92. The summed E-state index contributed by atoms with van der Waals surface area (Å²) < 4.78 is 68.9. The van der Waals surface area contributed by atoms with Crippen LogP contribution in [-0.2, 0) is 14.3 Å². The molecule has 2 aliphatic heterocycles. The number of ether oxygens (including phenoxy) is 1. The number of aliphatic carboxylic acids is 2. The number of aromatic nitrogens is 1. The molecule has 0 radical (unpaired) electrons. The van der Waals surface area contributed by atoms with Gasteiger partial charge in [-0.1, -0.05) is 18.2 Å². The first-order valence-electron chi connectivity index (χ1n) is 12.0. The van der Waals surface area contributed by atoms with Crippen LogP contribution in [0.25, 0.3) is 0 Å². The van der Waals surface area contributed by atoms with Crippen molar-refractivity contribution in [1.29, 1.82) is 0 Å². The summed E-state index contributed by atoms with van der Waals surface area (Å²) in [5.74, 6) is -5.44. The molecule has 3 heterocycles. The first kappa shape index (κ1) is 32.0. The maximum atomic E-state index is 12.6. The Morgan fingerprint density at radius 3 is 1.85 bits per heavy atom. The largest absolute Gasteiger partial charge is 0.490 e. The Bertz CT molecular complexity index is 964. The molecule has 1 unspecified atom stereocenters. The number of hydrogen-bond donors (Lipinski definition) is 2. The SMILES string of the molecule is O=C(O)C(F)(F)F.O=C(O)C(F)(F)F.O=C(c1ccccn1)N1CCC2(C=CC(N3CCOCC3)CC2)CC1. The van der Waals surface area contributed by atoms with Gasteiger partial charge in [-0.05, 0) is 43.2 Å². The van der Waals surface area contributed by atoms with E-state index >= 15 is 0 Å². The Hall–Kier alpha value is -3.20. The van der Waals surface area contributed by atoms with E-state index in [-0.39, 0.29) is 5.91 Å². The minimum atomic E-state index is -5.08. The Kier molecular flexibility index (Phi) is 11.3. The third kappa shape index (κ3) is 10.1. The van der Waals surface area contributed by atoms with E-state index in [1.807, 2.05) is 17.0 Å². The van der Waals surface area contributed by atoms with Gasteiger partial charge in [0.25, 0.3) is 5.91 Å². The number of carboxylic acid groups (broad SMARTS) is 2. The van der Waals surface area contributed by atoms with Crippen LogP contribution < -0.4 is 0 Å². The molecule has 1 aromatic heterocycles. The molecule has 1 aromatic rings. The summed E-state index contributed by atoms with van der Waals surface area (Å²) in [5.41, 5.74) is 0.856. The molecule has 0 bridgehead atoms. The quantitative estimate of drug-likeness (QED) is 0.410. The number of amides is 1. The number of allylic oxidation sites excluding steroid dienone is 1. The monoisotopic (exact) mass is 569 g/mol. The third-order valence-electron chi connectivity index (χ3n) is 6.54. The average Bonchev–Trinajstić information content (AvgIpc) is 2.90. The highest BCUT2D eigenvalue weighted by Crippen LogP contribution is 2.41. The minimum absolute atomic E-state index is 0.0708. The standard InChI is InChI=1S/C20H27N3O2.2C2HF3O2/c24-19(18-3-1-2-10-21-18)23-11-8-20(9-12-23)6-4-17(5-7-20)22-13-15-25-16-14-22;2*3-2(4,5)1(6)7/h1-4,6,10,17H,5,7-9,11-16H2;2*(H,6,7). The van der Waals surface area contributed by atoms with Gasteiger partial charge in [-0.3, -0.25) is 14.7 Å². The molecular formula is C24H29F6N3O6. The molecule has 1 amide bonds. The van der Waals surface area contributed by atoms with Gasteiger partial charge >= 0.3 is 24.3 Å². The number of carboxylic acids is 2. The van der Waals surface area contributed by atoms with Gasteiger partial charge in [-0.2, -0.15) is 26.3 Å². The molecule has 0 aromatic carbocycles. The fraction of sp³-hybridized carbons (Fsp3) is 0.583. The Morgan fingerprint density at radius 1 is 0.897 bits per heavy atom. The van der Waals surface area contributed by atoms with Gasteiger partial charge in [0.1, 0.15) is 5.69 Å². The molecule has 2 saturated heterocycles. The van der Waals surface area contributed by atoms with E-state index < -0.39 is 24.3 Å². The molecule has 218 valence electrons. The fourth-order valence-corrected chi connectivity index (χ4v) is 4.37. The van der Waals surface area contributed by atoms with E-state index in [1.54, 1.807) is 12.3 Å². The fourth-order valence-electron chi connectivity index (χ4n) is 4.37. The van der Waals surface area contributed by atoms with Gasteiger partial charge < -0.3 is 19.8 Å². The number of rotatable bonds is 2. The van der Waals surface area contributed by atoms with E-state index in [0.717, 1.165) is 52.2 Å². The third-order valence-corrected chi connectivity index (χ3v) is 6.54. The zero-order valence-corrected chi connectivity index (χ0v) is 20.7. The number of halogens is 6.